The molecule has 0 aliphatic rings. The molecule has 0 atom stereocenters. The van der Waals surface area contributed by atoms with Crippen molar-refractivity contribution in [2.45, 2.75) is 13.5 Å². The number of benzene rings is 2. The molecule has 7 heteroatoms. The van der Waals surface area contributed by atoms with Crippen LogP contribution in [0.3, 0.4) is 0 Å². The summed E-state index contributed by atoms with van der Waals surface area (Å²) in [7, 11) is 0. The van der Waals surface area contributed by atoms with Crippen molar-refractivity contribution in [3.05, 3.63) is 68.3 Å². The highest BCUT2D eigenvalue weighted by atomic mass is 35.5. The molecule has 0 saturated carbocycles. The summed E-state index contributed by atoms with van der Waals surface area (Å²) in [6, 6.07) is 12.0. The third-order valence-corrected chi connectivity index (χ3v) is 5.36. The lowest BCUT2D eigenvalue weighted by Crippen LogP contribution is -2.14. The maximum absolute atomic E-state index is 10.9. The van der Waals surface area contributed by atoms with Crippen LogP contribution in [0.5, 0.6) is 0 Å². The lowest BCUT2D eigenvalue weighted by atomic mass is 10.1. The fraction of sp³-hybridized carbons (Fsp3) is 0.111. The quantitative estimate of drug-likeness (QED) is 0.639. The van der Waals surface area contributed by atoms with E-state index in [1.54, 1.807) is 30.3 Å². The summed E-state index contributed by atoms with van der Waals surface area (Å²) in [6.45, 7) is 2.74. The fourth-order valence-electron chi connectivity index (χ4n) is 2.43. The smallest absolute Gasteiger partial charge is 0.335 e. The summed E-state index contributed by atoms with van der Waals surface area (Å²) >= 11 is 14.0. The second-order valence-corrected chi connectivity index (χ2v) is 6.83. The maximum atomic E-state index is 10.9. The van der Waals surface area contributed by atoms with Gasteiger partial charge in [-0.25, -0.2) is 9.79 Å². The molecule has 1 aromatic heterocycles. The Bertz CT molecular complexity index is 991. The highest BCUT2D eigenvalue weighted by Gasteiger charge is 2.12. The van der Waals surface area contributed by atoms with Crippen molar-refractivity contribution in [1.29, 1.82) is 0 Å². The van der Waals surface area contributed by atoms with Crippen molar-refractivity contribution in [3.8, 4) is 11.3 Å². The van der Waals surface area contributed by atoms with Crippen LogP contribution in [0.15, 0.2) is 52.8 Å². The first-order valence-electron chi connectivity index (χ1n) is 7.52. The number of hydrogen-bond donors (Lipinski definition) is 1. The van der Waals surface area contributed by atoms with Crippen molar-refractivity contribution < 1.29 is 9.90 Å². The monoisotopic (exact) mass is 392 g/mol. The fourth-order valence-corrected chi connectivity index (χ4v) is 3.81. The number of aromatic carboxylic acids is 1. The van der Waals surface area contributed by atoms with Crippen molar-refractivity contribution >= 4 is 46.2 Å². The molecule has 3 aromatic rings. The molecular formula is C18H14Cl2N2O2S. The van der Waals surface area contributed by atoms with E-state index in [1.165, 1.54) is 11.3 Å². The Morgan fingerprint density at radius 1 is 1.20 bits per heavy atom. The summed E-state index contributed by atoms with van der Waals surface area (Å²) in [5.74, 6) is -0.954. The Balaban J connectivity index is 2.08. The van der Waals surface area contributed by atoms with Crippen LogP contribution in [0, 0.1) is 0 Å². The van der Waals surface area contributed by atoms with Crippen LogP contribution in [0.4, 0.5) is 5.69 Å². The van der Waals surface area contributed by atoms with Gasteiger partial charge in [0.25, 0.3) is 0 Å². The van der Waals surface area contributed by atoms with Gasteiger partial charge in [-0.1, -0.05) is 35.3 Å². The molecular weight excluding hydrogens is 379 g/mol. The second kappa shape index (κ2) is 7.44. The largest absolute Gasteiger partial charge is 0.478 e. The van der Waals surface area contributed by atoms with Gasteiger partial charge in [-0.3, -0.25) is 0 Å². The van der Waals surface area contributed by atoms with Gasteiger partial charge in [0.05, 0.1) is 27.0 Å². The lowest BCUT2D eigenvalue weighted by Gasteiger charge is -2.09. The molecule has 0 aliphatic heterocycles. The minimum Gasteiger partial charge on any atom is -0.478 e. The average Bonchev–Trinajstić information content (AvgIpc) is 3.00. The number of hydrogen-bond acceptors (Lipinski definition) is 3. The molecule has 0 bridgehead atoms. The lowest BCUT2D eigenvalue weighted by molar-refractivity contribution is 0.0697. The van der Waals surface area contributed by atoms with E-state index in [0.717, 1.165) is 16.1 Å². The minimum absolute atomic E-state index is 0.236. The van der Waals surface area contributed by atoms with Gasteiger partial charge in [0, 0.05) is 17.5 Å². The molecule has 0 aliphatic carbocycles. The number of carbonyl (C=O) groups is 1. The Labute approximate surface area is 158 Å². The van der Waals surface area contributed by atoms with Gasteiger partial charge in [0.2, 0.25) is 0 Å². The van der Waals surface area contributed by atoms with E-state index in [2.05, 4.69) is 4.99 Å². The van der Waals surface area contributed by atoms with Crippen molar-refractivity contribution in [2.24, 2.45) is 4.99 Å². The van der Waals surface area contributed by atoms with Crippen molar-refractivity contribution in [1.82, 2.24) is 4.57 Å². The molecule has 1 heterocycles. The zero-order valence-corrected chi connectivity index (χ0v) is 15.6. The molecule has 25 heavy (non-hydrogen) atoms. The summed E-state index contributed by atoms with van der Waals surface area (Å²) < 4.78 is 2.05. The van der Waals surface area contributed by atoms with E-state index in [4.69, 9.17) is 28.3 Å². The number of aromatic nitrogens is 1. The summed E-state index contributed by atoms with van der Waals surface area (Å²) in [5, 5.41) is 12.0. The maximum Gasteiger partial charge on any atom is 0.335 e. The Hall–Kier alpha value is -2.08. The third kappa shape index (κ3) is 3.63. The van der Waals surface area contributed by atoms with Gasteiger partial charge in [-0.05, 0) is 37.3 Å². The van der Waals surface area contributed by atoms with Crippen molar-refractivity contribution in [2.75, 3.05) is 0 Å². The van der Waals surface area contributed by atoms with Gasteiger partial charge >= 0.3 is 5.97 Å². The highest BCUT2D eigenvalue weighted by molar-refractivity contribution is 7.07. The Morgan fingerprint density at radius 2 is 1.92 bits per heavy atom. The number of thiazole rings is 1. The first-order chi connectivity index (χ1) is 12.0. The van der Waals surface area contributed by atoms with Gasteiger partial charge in [0.1, 0.15) is 0 Å². The van der Waals surface area contributed by atoms with E-state index >= 15 is 0 Å². The topological polar surface area (TPSA) is 54.6 Å². The molecule has 0 radical (unpaired) electrons. The molecule has 0 fully saturated rings. The molecule has 0 amide bonds. The van der Waals surface area contributed by atoms with Gasteiger partial charge in [0.15, 0.2) is 4.80 Å². The number of carboxylic acids is 1. The van der Waals surface area contributed by atoms with Crippen molar-refractivity contribution in [3.63, 3.8) is 0 Å². The summed E-state index contributed by atoms with van der Waals surface area (Å²) in [4.78, 5) is 16.4. The van der Waals surface area contributed by atoms with Gasteiger partial charge in [-0.2, -0.15) is 0 Å². The number of halogens is 2. The molecule has 0 spiro atoms. The molecule has 1 N–H and O–H groups in total. The molecule has 0 unspecified atom stereocenters. The minimum atomic E-state index is -0.954. The third-order valence-electron chi connectivity index (χ3n) is 3.68. The summed E-state index contributed by atoms with van der Waals surface area (Å²) in [6.07, 6.45) is 0. The van der Waals surface area contributed by atoms with Crippen LogP contribution in [0.25, 0.3) is 11.3 Å². The van der Waals surface area contributed by atoms with Crippen LogP contribution in [0.1, 0.15) is 17.3 Å². The predicted octanol–water partition coefficient (Wildman–Crippen LogP) is 5.47. The first-order valence-corrected chi connectivity index (χ1v) is 9.15. The van der Waals surface area contributed by atoms with E-state index in [9.17, 15) is 4.79 Å². The highest BCUT2D eigenvalue weighted by Crippen LogP contribution is 2.33. The number of nitrogens with zero attached hydrogens (tertiary/aromatic N) is 2. The van der Waals surface area contributed by atoms with E-state index in [1.807, 2.05) is 29.0 Å². The SMILES string of the molecule is CCn1c(-c2cccc(Cl)c2Cl)cs/c1=N\c1ccc(C(=O)O)cc1. The Kier molecular flexibility index (Phi) is 5.27. The van der Waals surface area contributed by atoms with E-state index in [-0.39, 0.29) is 5.56 Å². The molecule has 0 saturated heterocycles. The molecule has 3 rings (SSSR count). The predicted molar refractivity (Wildman–Crippen MR) is 102 cm³/mol. The van der Waals surface area contributed by atoms with Crippen LogP contribution < -0.4 is 4.80 Å². The number of carboxylic acid groups (broad SMARTS) is 1. The number of rotatable bonds is 4. The van der Waals surface area contributed by atoms with Gasteiger partial charge in [-0.15, -0.1) is 11.3 Å². The zero-order valence-electron chi connectivity index (χ0n) is 13.2. The van der Waals surface area contributed by atoms with Crippen LogP contribution in [0.2, 0.25) is 10.0 Å². The molecule has 4 nitrogen and oxygen atoms in total. The zero-order chi connectivity index (χ0) is 18.0. The normalized spacial score (nSPS) is 11.7. The first kappa shape index (κ1) is 17.7. The molecule has 2 aromatic carbocycles. The van der Waals surface area contributed by atoms with E-state index in [0.29, 0.717) is 22.3 Å². The van der Waals surface area contributed by atoms with Crippen LogP contribution >= 0.6 is 34.5 Å². The molecule has 128 valence electrons. The Morgan fingerprint density at radius 3 is 2.56 bits per heavy atom. The van der Waals surface area contributed by atoms with Crippen LogP contribution in [-0.4, -0.2) is 15.6 Å². The van der Waals surface area contributed by atoms with Gasteiger partial charge < -0.3 is 9.67 Å². The average molecular weight is 393 g/mol. The van der Waals surface area contributed by atoms with E-state index < -0.39 is 5.97 Å². The summed E-state index contributed by atoms with van der Waals surface area (Å²) in [5.41, 5.74) is 2.73. The second-order valence-electron chi connectivity index (χ2n) is 5.21. The van der Waals surface area contributed by atoms with Crippen LogP contribution in [-0.2, 0) is 6.54 Å². The standard InChI is InChI=1S/C18H14Cl2N2O2S/c1-2-22-15(13-4-3-5-14(19)16(13)20)10-25-18(22)21-12-8-6-11(7-9-12)17(23)24/h3-10H,2H2,1H3,(H,23,24)/b21-18-.